The fourth-order valence-electron chi connectivity index (χ4n) is 1.46. The normalized spacial score (nSPS) is 10.6. The molecule has 0 radical (unpaired) electrons. The fraction of sp³-hybridized carbons (Fsp3) is 0. The summed E-state index contributed by atoms with van der Waals surface area (Å²) in [4.78, 5) is 8.02. The van der Waals surface area contributed by atoms with Crippen LogP contribution in [0.4, 0.5) is 11.5 Å². The van der Waals surface area contributed by atoms with Gasteiger partial charge in [0.25, 0.3) is 5.71 Å². The Morgan fingerprint density at radius 3 is 2.94 bits per heavy atom. The van der Waals surface area contributed by atoms with E-state index in [2.05, 4.69) is 20.4 Å². The first-order valence-corrected chi connectivity index (χ1v) is 5.30. The number of nitrogens with one attached hydrogen (secondary N) is 1. The molecule has 3 heterocycles. The molecule has 3 rings (SSSR count). The SMILES string of the molecule is Clc1ccc(Nc2noc3ncccc23)cn1. The Kier molecular flexibility index (Phi) is 2.38. The minimum atomic E-state index is 0.447. The van der Waals surface area contributed by atoms with Gasteiger partial charge in [0.15, 0.2) is 5.82 Å². The van der Waals surface area contributed by atoms with Crippen molar-refractivity contribution in [2.45, 2.75) is 0 Å². The first kappa shape index (κ1) is 10.0. The van der Waals surface area contributed by atoms with Crippen molar-refractivity contribution in [2.24, 2.45) is 0 Å². The zero-order valence-corrected chi connectivity index (χ0v) is 9.35. The summed E-state index contributed by atoms with van der Waals surface area (Å²) in [5.41, 5.74) is 1.28. The number of hydrogen-bond donors (Lipinski definition) is 1. The van der Waals surface area contributed by atoms with Crippen LogP contribution in [0.5, 0.6) is 0 Å². The molecule has 0 aliphatic carbocycles. The maximum atomic E-state index is 5.71. The van der Waals surface area contributed by atoms with Crippen LogP contribution in [0.3, 0.4) is 0 Å². The third-order valence-electron chi connectivity index (χ3n) is 2.24. The van der Waals surface area contributed by atoms with Crippen molar-refractivity contribution in [3.8, 4) is 0 Å². The molecule has 3 aromatic rings. The van der Waals surface area contributed by atoms with Crippen molar-refractivity contribution in [3.05, 3.63) is 41.8 Å². The number of anilines is 2. The molecule has 0 saturated heterocycles. The molecular formula is C11H7ClN4O. The molecule has 0 fully saturated rings. The smallest absolute Gasteiger partial charge is 0.259 e. The van der Waals surface area contributed by atoms with Gasteiger partial charge in [-0.2, -0.15) is 0 Å². The average molecular weight is 247 g/mol. The highest BCUT2D eigenvalue weighted by molar-refractivity contribution is 6.29. The molecule has 0 amide bonds. The van der Waals surface area contributed by atoms with Crippen molar-refractivity contribution in [1.82, 2.24) is 15.1 Å². The Balaban J connectivity index is 1.97. The quantitative estimate of drug-likeness (QED) is 0.704. The molecule has 0 saturated carbocycles. The Bertz CT molecular complexity index is 650. The highest BCUT2D eigenvalue weighted by Crippen LogP contribution is 2.23. The lowest BCUT2D eigenvalue weighted by Gasteiger charge is -2.01. The van der Waals surface area contributed by atoms with E-state index in [1.54, 1.807) is 18.5 Å². The van der Waals surface area contributed by atoms with E-state index in [0.717, 1.165) is 11.1 Å². The minimum Gasteiger partial charge on any atom is -0.336 e. The number of rotatable bonds is 2. The van der Waals surface area contributed by atoms with Crippen LogP contribution in [0.2, 0.25) is 5.15 Å². The van der Waals surface area contributed by atoms with Gasteiger partial charge in [-0.05, 0) is 24.3 Å². The molecule has 1 N–H and O–H groups in total. The minimum absolute atomic E-state index is 0.447. The summed E-state index contributed by atoms with van der Waals surface area (Å²) in [6.07, 6.45) is 3.28. The predicted molar refractivity (Wildman–Crippen MR) is 64.3 cm³/mol. The molecule has 0 unspecified atom stereocenters. The van der Waals surface area contributed by atoms with Gasteiger partial charge in [0.2, 0.25) is 0 Å². The van der Waals surface area contributed by atoms with E-state index in [4.69, 9.17) is 16.1 Å². The Morgan fingerprint density at radius 2 is 2.12 bits per heavy atom. The lowest BCUT2D eigenvalue weighted by Crippen LogP contribution is -1.91. The van der Waals surface area contributed by atoms with Gasteiger partial charge in [-0.15, -0.1) is 0 Å². The molecule has 0 bridgehead atoms. The fourth-order valence-corrected chi connectivity index (χ4v) is 1.57. The highest BCUT2D eigenvalue weighted by Gasteiger charge is 2.08. The summed E-state index contributed by atoms with van der Waals surface area (Å²) in [5, 5.41) is 8.26. The largest absolute Gasteiger partial charge is 0.336 e. The predicted octanol–water partition coefficient (Wildman–Crippen LogP) is 3.01. The van der Waals surface area contributed by atoms with Crippen LogP contribution in [0.1, 0.15) is 0 Å². The van der Waals surface area contributed by atoms with Crippen LogP contribution >= 0.6 is 11.6 Å². The van der Waals surface area contributed by atoms with Crippen molar-refractivity contribution >= 4 is 34.2 Å². The Labute approximate surface area is 101 Å². The molecule has 5 nitrogen and oxygen atoms in total. The molecule has 3 aromatic heterocycles. The van der Waals surface area contributed by atoms with Crippen LogP contribution in [0, 0.1) is 0 Å². The summed E-state index contributed by atoms with van der Waals surface area (Å²) in [6, 6.07) is 7.21. The van der Waals surface area contributed by atoms with Crippen molar-refractivity contribution in [2.75, 3.05) is 5.32 Å². The third kappa shape index (κ3) is 1.92. The van der Waals surface area contributed by atoms with Crippen molar-refractivity contribution in [3.63, 3.8) is 0 Å². The highest BCUT2D eigenvalue weighted by atomic mass is 35.5. The van der Waals surface area contributed by atoms with Crippen LogP contribution in [0.25, 0.3) is 11.1 Å². The zero-order valence-electron chi connectivity index (χ0n) is 8.59. The lowest BCUT2D eigenvalue weighted by molar-refractivity contribution is 0.452. The van der Waals surface area contributed by atoms with Gasteiger partial charge in [0.1, 0.15) is 5.15 Å². The summed E-state index contributed by atoms with van der Waals surface area (Å²) in [5.74, 6) is 0.609. The molecule has 0 aliphatic rings. The summed E-state index contributed by atoms with van der Waals surface area (Å²) in [6.45, 7) is 0. The molecule has 0 atom stereocenters. The van der Waals surface area contributed by atoms with Crippen molar-refractivity contribution < 1.29 is 4.52 Å². The molecule has 84 valence electrons. The second-order valence-corrected chi connectivity index (χ2v) is 3.77. The van der Waals surface area contributed by atoms with Crippen molar-refractivity contribution in [1.29, 1.82) is 0 Å². The van der Waals surface area contributed by atoms with E-state index in [1.165, 1.54) is 0 Å². The van der Waals surface area contributed by atoms with Crippen LogP contribution < -0.4 is 5.32 Å². The van der Waals surface area contributed by atoms with Crippen LogP contribution in [-0.4, -0.2) is 15.1 Å². The monoisotopic (exact) mass is 246 g/mol. The van der Waals surface area contributed by atoms with Gasteiger partial charge in [0.05, 0.1) is 17.3 Å². The van der Waals surface area contributed by atoms with E-state index in [1.807, 2.05) is 18.2 Å². The summed E-state index contributed by atoms with van der Waals surface area (Å²) < 4.78 is 5.07. The second kappa shape index (κ2) is 4.03. The molecule has 17 heavy (non-hydrogen) atoms. The molecule has 0 spiro atoms. The van der Waals surface area contributed by atoms with Gasteiger partial charge in [0, 0.05) is 6.20 Å². The maximum Gasteiger partial charge on any atom is 0.259 e. The summed E-state index contributed by atoms with van der Waals surface area (Å²) >= 11 is 5.71. The zero-order chi connectivity index (χ0) is 11.7. The lowest BCUT2D eigenvalue weighted by atomic mass is 10.3. The topological polar surface area (TPSA) is 63.8 Å². The standard InChI is InChI=1S/C11H7ClN4O/c12-9-4-3-7(6-14-9)15-10-8-2-1-5-13-11(8)17-16-10/h1-6H,(H,15,16). The molecule has 0 aliphatic heterocycles. The van der Waals surface area contributed by atoms with Gasteiger partial charge >= 0.3 is 0 Å². The number of fused-ring (bicyclic) bond motifs is 1. The second-order valence-electron chi connectivity index (χ2n) is 3.38. The average Bonchev–Trinajstić information content (AvgIpc) is 2.76. The molecular weight excluding hydrogens is 240 g/mol. The van der Waals surface area contributed by atoms with E-state index >= 15 is 0 Å². The molecule has 6 heteroatoms. The van der Waals surface area contributed by atoms with E-state index in [0.29, 0.717) is 16.7 Å². The van der Waals surface area contributed by atoms with E-state index in [9.17, 15) is 0 Å². The van der Waals surface area contributed by atoms with Gasteiger partial charge < -0.3 is 9.84 Å². The number of halogens is 1. The van der Waals surface area contributed by atoms with Crippen LogP contribution in [-0.2, 0) is 0 Å². The Morgan fingerprint density at radius 1 is 1.18 bits per heavy atom. The van der Waals surface area contributed by atoms with Gasteiger partial charge in [-0.3, -0.25) is 0 Å². The van der Waals surface area contributed by atoms with Gasteiger partial charge in [-0.1, -0.05) is 16.8 Å². The number of hydrogen-bond acceptors (Lipinski definition) is 5. The number of aromatic nitrogens is 3. The number of nitrogens with zero attached hydrogens (tertiary/aromatic N) is 3. The summed E-state index contributed by atoms with van der Waals surface area (Å²) in [7, 11) is 0. The van der Waals surface area contributed by atoms with E-state index < -0.39 is 0 Å². The Hall–Kier alpha value is -2.14. The van der Waals surface area contributed by atoms with Crippen LogP contribution in [0.15, 0.2) is 41.2 Å². The maximum absolute atomic E-state index is 5.71. The number of pyridine rings is 2. The molecule has 0 aromatic carbocycles. The van der Waals surface area contributed by atoms with Gasteiger partial charge in [-0.25, -0.2) is 9.97 Å². The first-order chi connectivity index (χ1) is 8.33. The first-order valence-electron chi connectivity index (χ1n) is 4.92. The third-order valence-corrected chi connectivity index (χ3v) is 2.46. The van der Waals surface area contributed by atoms with E-state index in [-0.39, 0.29) is 0 Å².